The zero-order chi connectivity index (χ0) is 16.8. The third kappa shape index (κ3) is 1.26. The quantitative estimate of drug-likeness (QED) is 0.758. The summed E-state index contributed by atoms with van der Waals surface area (Å²) >= 11 is 0. The number of rotatable bonds is 1. The van der Waals surface area contributed by atoms with Crippen LogP contribution in [0.3, 0.4) is 0 Å². The number of hydrogen-bond acceptors (Lipinski definition) is 2. The van der Waals surface area contributed by atoms with Gasteiger partial charge in [-0.05, 0) is 26.0 Å². The highest BCUT2D eigenvalue weighted by Gasteiger charge is 2.61. The molecular weight excluding hydrogens is 302 g/mol. The lowest BCUT2D eigenvalue weighted by molar-refractivity contribution is 0.0303. The second-order valence-corrected chi connectivity index (χ2v) is 7.31. The van der Waals surface area contributed by atoms with Crippen LogP contribution in [0.4, 0.5) is 0 Å². The molecule has 4 aliphatic rings. The summed E-state index contributed by atoms with van der Waals surface area (Å²) in [5.74, 6) is 0.302. The lowest BCUT2D eigenvalue weighted by atomic mass is 9.49. The number of benzene rings is 1. The van der Waals surface area contributed by atoms with E-state index < -0.39 is 0 Å². The van der Waals surface area contributed by atoms with Gasteiger partial charge in [-0.15, -0.1) is 0 Å². The van der Waals surface area contributed by atoms with E-state index in [2.05, 4.69) is 32.9 Å². The highest BCUT2D eigenvalue weighted by molar-refractivity contribution is 5.44. The molecule has 3 heterocycles. The van der Waals surface area contributed by atoms with Crippen molar-refractivity contribution < 1.29 is 0 Å². The fourth-order valence-corrected chi connectivity index (χ4v) is 5.16. The maximum Gasteiger partial charge on any atom is 0.352 e. The van der Waals surface area contributed by atoms with E-state index in [1.807, 2.05) is 18.2 Å². The van der Waals surface area contributed by atoms with Crippen LogP contribution in [0.1, 0.15) is 32.9 Å². The molecule has 0 radical (unpaired) electrons. The van der Waals surface area contributed by atoms with E-state index in [0.29, 0.717) is 11.6 Å². The first-order chi connectivity index (χ1) is 11.5. The third-order valence-corrected chi connectivity index (χ3v) is 6.53. The number of allylic oxidation sites excluding steroid dienone is 4. The predicted molar refractivity (Wildman–Crippen MR) is 91.5 cm³/mol. The summed E-state index contributed by atoms with van der Waals surface area (Å²) in [5, 5.41) is 0. The highest BCUT2D eigenvalue weighted by atomic mass is 16.2. The van der Waals surface area contributed by atoms with Crippen LogP contribution in [-0.4, -0.2) is 13.9 Å². The smallest absolute Gasteiger partial charge is 0.245 e. The van der Waals surface area contributed by atoms with Gasteiger partial charge in [-0.25, -0.2) is 23.5 Å². The van der Waals surface area contributed by atoms with Crippen LogP contribution in [0.2, 0.25) is 0 Å². The molecular formula is C19H19N3O2. The van der Waals surface area contributed by atoms with Crippen molar-refractivity contribution in [2.45, 2.75) is 32.9 Å². The van der Waals surface area contributed by atoms with Crippen LogP contribution >= 0.6 is 0 Å². The first-order valence-corrected chi connectivity index (χ1v) is 8.35. The average molecular weight is 321 g/mol. The molecule has 24 heavy (non-hydrogen) atoms. The summed E-state index contributed by atoms with van der Waals surface area (Å²) in [6, 6.07) is 9.00. The van der Waals surface area contributed by atoms with Crippen molar-refractivity contribution in [3.63, 3.8) is 0 Å². The SMILES string of the molecule is CC1=C(C)[C@@]2(C)[C@H]1[C@H]1C=C[C@H]2n2c(=O)n(-c3ccccc3)c(=O)n21. The standard InChI is InChI=1S/C19H19N3O2/c1-11-12(2)19(3)15-10-9-14(16(11)19)21-17(23)20(18(24)22(15)21)13-7-5-4-6-8-13/h4-10,14-16H,1-3H3/t14-,15-,16-,19-/m1/s1. The normalized spacial score (nSPS) is 32.5. The number of nitrogens with zero attached hydrogens (tertiary/aromatic N) is 3. The molecule has 0 spiro atoms. The molecule has 2 aliphatic heterocycles. The molecule has 2 bridgehead atoms. The van der Waals surface area contributed by atoms with Gasteiger partial charge in [0.2, 0.25) is 0 Å². The molecule has 0 amide bonds. The van der Waals surface area contributed by atoms with E-state index in [0.717, 1.165) is 0 Å². The molecule has 0 saturated carbocycles. The molecule has 0 saturated heterocycles. The number of para-hydroxylation sites is 1. The minimum atomic E-state index is -0.248. The zero-order valence-corrected chi connectivity index (χ0v) is 13.9. The Morgan fingerprint density at radius 3 is 2.33 bits per heavy atom. The monoisotopic (exact) mass is 321 g/mol. The highest BCUT2D eigenvalue weighted by Crippen LogP contribution is 2.65. The molecule has 0 fully saturated rings. The minimum absolute atomic E-state index is 0.0668. The molecule has 5 heteroatoms. The molecule has 0 N–H and O–H groups in total. The minimum Gasteiger partial charge on any atom is -0.245 e. The van der Waals surface area contributed by atoms with E-state index in [1.54, 1.807) is 21.5 Å². The second kappa shape index (κ2) is 4.09. The van der Waals surface area contributed by atoms with Crippen molar-refractivity contribution in [1.29, 1.82) is 0 Å². The van der Waals surface area contributed by atoms with Crippen LogP contribution in [0.5, 0.6) is 0 Å². The first-order valence-electron chi connectivity index (χ1n) is 8.35. The maximum atomic E-state index is 13.1. The molecule has 1 aromatic carbocycles. The van der Waals surface area contributed by atoms with Crippen molar-refractivity contribution >= 4 is 0 Å². The fraction of sp³-hybridized carbons (Fsp3) is 0.368. The van der Waals surface area contributed by atoms with Crippen LogP contribution in [-0.2, 0) is 0 Å². The van der Waals surface area contributed by atoms with E-state index >= 15 is 0 Å². The Balaban J connectivity index is 1.82. The summed E-state index contributed by atoms with van der Waals surface area (Å²) in [4.78, 5) is 26.1. The predicted octanol–water partition coefficient (Wildman–Crippen LogP) is 2.44. The van der Waals surface area contributed by atoms with Crippen molar-refractivity contribution in [3.8, 4) is 5.69 Å². The van der Waals surface area contributed by atoms with Gasteiger partial charge >= 0.3 is 11.4 Å². The Morgan fingerprint density at radius 1 is 0.958 bits per heavy atom. The van der Waals surface area contributed by atoms with Crippen molar-refractivity contribution in [2.75, 3.05) is 0 Å². The van der Waals surface area contributed by atoms with Crippen LogP contribution in [0.15, 0.2) is 63.2 Å². The Hall–Kier alpha value is -2.56. The van der Waals surface area contributed by atoms with Crippen molar-refractivity contribution in [3.05, 3.63) is 74.6 Å². The average Bonchev–Trinajstić information content (AvgIpc) is 2.88. The molecule has 4 atom stereocenters. The summed E-state index contributed by atoms with van der Waals surface area (Å²) in [6.07, 6.45) is 4.20. The van der Waals surface area contributed by atoms with Crippen molar-refractivity contribution in [1.82, 2.24) is 13.9 Å². The van der Waals surface area contributed by atoms with Gasteiger partial charge in [-0.1, -0.05) is 48.4 Å². The maximum absolute atomic E-state index is 13.1. The summed E-state index contributed by atoms with van der Waals surface area (Å²) in [5.41, 5.74) is 2.77. The van der Waals surface area contributed by atoms with Crippen molar-refractivity contribution in [2.24, 2.45) is 11.3 Å². The third-order valence-electron chi connectivity index (χ3n) is 6.53. The number of aromatic nitrogens is 3. The van der Waals surface area contributed by atoms with Crippen LogP contribution < -0.4 is 11.4 Å². The van der Waals surface area contributed by atoms with Gasteiger partial charge in [0.1, 0.15) is 0 Å². The number of hydrogen-bond donors (Lipinski definition) is 0. The molecule has 0 unspecified atom stereocenters. The summed E-state index contributed by atoms with van der Waals surface area (Å²) in [6.45, 7) is 6.53. The van der Waals surface area contributed by atoms with E-state index in [9.17, 15) is 9.59 Å². The van der Waals surface area contributed by atoms with E-state index in [4.69, 9.17) is 0 Å². The van der Waals surface area contributed by atoms with Gasteiger partial charge in [0, 0.05) is 11.3 Å². The fourth-order valence-electron chi connectivity index (χ4n) is 5.16. The van der Waals surface area contributed by atoms with E-state index in [1.165, 1.54) is 15.7 Å². The molecule has 122 valence electrons. The first kappa shape index (κ1) is 13.8. The molecule has 2 aromatic rings. The molecule has 6 rings (SSSR count). The Kier molecular flexibility index (Phi) is 2.36. The summed E-state index contributed by atoms with van der Waals surface area (Å²) in [7, 11) is 0. The topological polar surface area (TPSA) is 48.9 Å². The Morgan fingerprint density at radius 2 is 1.62 bits per heavy atom. The Labute approximate surface area is 139 Å². The van der Waals surface area contributed by atoms with E-state index in [-0.39, 0.29) is 28.9 Å². The van der Waals surface area contributed by atoms with Gasteiger partial charge in [0.25, 0.3) is 0 Å². The zero-order valence-electron chi connectivity index (χ0n) is 13.9. The van der Waals surface area contributed by atoms with Gasteiger partial charge in [-0.2, -0.15) is 0 Å². The summed E-state index contributed by atoms with van der Waals surface area (Å²) < 4.78 is 4.64. The van der Waals surface area contributed by atoms with Crippen LogP contribution in [0.25, 0.3) is 5.69 Å². The molecule has 5 nitrogen and oxygen atoms in total. The van der Waals surface area contributed by atoms with Crippen LogP contribution in [0, 0.1) is 11.3 Å². The van der Waals surface area contributed by atoms with Gasteiger partial charge in [0.15, 0.2) is 0 Å². The van der Waals surface area contributed by atoms with Gasteiger partial charge < -0.3 is 0 Å². The lowest BCUT2D eigenvalue weighted by Crippen LogP contribution is -2.59. The van der Waals surface area contributed by atoms with Gasteiger partial charge in [0.05, 0.1) is 17.8 Å². The Bertz CT molecular complexity index is 1050. The molecule has 1 aromatic heterocycles. The largest absolute Gasteiger partial charge is 0.352 e. The molecule has 2 aliphatic carbocycles. The van der Waals surface area contributed by atoms with Gasteiger partial charge in [-0.3, -0.25) is 0 Å². The lowest BCUT2D eigenvalue weighted by Gasteiger charge is -2.60. The second-order valence-electron chi connectivity index (χ2n) is 7.31.